The Kier molecular flexibility index (Phi) is 3.56. The van der Waals surface area contributed by atoms with Gasteiger partial charge in [0.1, 0.15) is 0 Å². The predicted octanol–water partition coefficient (Wildman–Crippen LogP) is 1.72. The third-order valence-electron chi connectivity index (χ3n) is 2.93. The van der Waals surface area contributed by atoms with Crippen molar-refractivity contribution in [3.63, 3.8) is 0 Å². The van der Waals surface area contributed by atoms with Gasteiger partial charge in [0.2, 0.25) is 0 Å². The molecule has 1 aromatic rings. The maximum atomic E-state index is 13.5. The Labute approximate surface area is 99.4 Å². The van der Waals surface area contributed by atoms with Gasteiger partial charge in [0.25, 0.3) is 5.91 Å². The number of nitrogens with zero attached hydrogens (tertiary/aromatic N) is 1. The SMILES string of the molecule is Nc1nccc(C(=O)NCCCC2CC2)c1F. The summed E-state index contributed by atoms with van der Waals surface area (Å²) in [4.78, 5) is 15.2. The molecule has 0 radical (unpaired) electrons. The normalized spacial score (nSPS) is 14.6. The minimum atomic E-state index is -0.743. The average molecular weight is 237 g/mol. The van der Waals surface area contributed by atoms with Gasteiger partial charge in [-0.25, -0.2) is 9.37 Å². The average Bonchev–Trinajstić information content (AvgIpc) is 3.12. The van der Waals surface area contributed by atoms with Crippen LogP contribution in [0.5, 0.6) is 0 Å². The number of anilines is 1. The zero-order chi connectivity index (χ0) is 12.3. The highest BCUT2D eigenvalue weighted by atomic mass is 19.1. The first kappa shape index (κ1) is 11.8. The molecule has 0 unspecified atom stereocenters. The van der Waals surface area contributed by atoms with Crippen LogP contribution in [-0.2, 0) is 0 Å². The third kappa shape index (κ3) is 3.15. The van der Waals surface area contributed by atoms with Gasteiger partial charge in [-0.05, 0) is 24.8 Å². The van der Waals surface area contributed by atoms with Crippen molar-refractivity contribution in [2.45, 2.75) is 25.7 Å². The van der Waals surface area contributed by atoms with Crippen molar-refractivity contribution >= 4 is 11.7 Å². The van der Waals surface area contributed by atoms with E-state index in [2.05, 4.69) is 10.3 Å². The summed E-state index contributed by atoms with van der Waals surface area (Å²) in [6.45, 7) is 0.580. The zero-order valence-corrected chi connectivity index (χ0v) is 9.58. The van der Waals surface area contributed by atoms with E-state index in [-0.39, 0.29) is 11.4 Å². The van der Waals surface area contributed by atoms with Crippen LogP contribution < -0.4 is 11.1 Å². The monoisotopic (exact) mass is 237 g/mol. The topological polar surface area (TPSA) is 68.0 Å². The minimum Gasteiger partial charge on any atom is -0.381 e. The lowest BCUT2D eigenvalue weighted by Crippen LogP contribution is -2.25. The van der Waals surface area contributed by atoms with Crippen molar-refractivity contribution in [3.05, 3.63) is 23.6 Å². The van der Waals surface area contributed by atoms with Gasteiger partial charge in [-0.3, -0.25) is 4.79 Å². The van der Waals surface area contributed by atoms with E-state index < -0.39 is 11.7 Å². The van der Waals surface area contributed by atoms with Crippen LogP contribution in [-0.4, -0.2) is 17.4 Å². The molecule has 1 aliphatic rings. The molecule has 17 heavy (non-hydrogen) atoms. The summed E-state index contributed by atoms with van der Waals surface area (Å²) in [5.74, 6) is -0.560. The Morgan fingerprint density at radius 1 is 1.59 bits per heavy atom. The molecule has 3 N–H and O–H groups in total. The van der Waals surface area contributed by atoms with Gasteiger partial charge in [-0.1, -0.05) is 12.8 Å². The van der Waals surface area contributed by atoms with Crippen LogP contribution in [0, 0.1) is 11.7 Å². The second kappa shape index (κ2) is 5.12. The second-order valence-electron chi connectivity index (χ2n) is 4.40. The molecule has 2 rings (SSSR count). The van der Waals surface area contributed by atoms with Crippen LogP contribution in [0.4, 0.5) is 10.2 Å². The standard InChI is InChI=1S/C12H16FN3O/c13-10-9(5-7-15-11(10)14)12(17)16-6-1-2-8-3-4-8/h5,7-8H,1-4,6H2,(H2,14,15)(H,16,17). The molecule has 1 heterocycles. The molecule has 0 atom stereocenters. The molecule has 1 saturated carbocycles. The maximum absolute atomic E-state index is 13.5. The molecule has 0 bridgehead atoms. The van der Waals surface area contributed by atoms with Crippen molar-refractivity contribution in [1.82, 2.24) is 10.3 Å². The number of hydrogen-bond donors (Lipinski definition) is 2. The second-order valence-corrected chi connectivity index (χ2v) is 4.40. The van der Waals surface area contributed by atoms with Gasteiger partial charge in [0.15, 0.2) is 11.6 Å². The summed E-state index contributed by atoms with van der Waals surface area (Å²) in [7, 11) is 0. The number of amides is 1. The Morgan fingerprint density at radius 3 is 3.06 bits per heavy atom. The largest absolute Gasteiger partial charge is 0.381 e. The van der Waals surface area contributed by atoms with Crippen molar-refractivity contribution in [3.8, 4) is 0 Å². The van der Waals surface area contributed by atoms with Crippen LogP contribution in [0.15, 0.2) is 12.3 Å². The van der Waals surface area contributed by atoms with Crippen molar-refractivity contribution in [2.24, 2.45) is 5.92 Å². The Bertz CT molecular complexity index is 418. The lowest BCUT2D eigenvalue weighted by atomic mass is 10.2. The van der Waals surface area contributed by atoms with Gasteiger partial charge in [0, 0.05) is 12.7 Å². The number of carbonyl (C=O) groups is 1. The van der Waals surface area contributed by atoms with E-state index in [9.17, 15) is 9.18 Å². The fourth-order valence-corrected chi connectivity index (χ4v) is 1.73. The number of carbonyl (C=O) groups excluding carboxylic acids is 1. The van der Waals surface area contributed by atoms with Gasteiger partial charge < -0.3 is 11.1 Å². The first-order valence-electron chi connectivity index (χ1n) is 5.86. The summed E-state index contributed by atoms with van der Waals surface area (Å²) in [6, 6.07) is 1.34. The zero-order valence-electron chi connectivity index (χ0n) is 9.58. The molecule has 92 valence electrons. The Hall–Kier alpha value is -1.65. The fourth-order valence-electron chi connectivity index (χ4n) is 1.73. The molecule has 5 heteroatoms. The van der Waals surface area contributed by atoms with E-state index in [1.807, 2.05) is 0 Å². The molecule has 4 nitrogen and oxygen atoms in total. The molecule has 1 fully saturated rings. The third-order valence-corrected chi connectivity index (χ3v) is 2.93. The van der Waals surface area contributed by atoms with Crippen molar-refractivity contribution in [1.29, 1.82) is 0 Å². The lowest BCUT2D eigenvalue weighted by Gasteiger charge is -2.06. The number of aromatic nitrogens is 1. The molecular weight excluding hydrogens is 221 g/mol. The number of nitrogens with one attached hydrogen (secondary N) is 1. The smallest absolute Gasteiger partial charge is 0.254 e. The number of halogens is 1. The molecule has 0 spiro atoms. The maximum Gasteiger partial charge on any atom is 0.254 e. The molecule has 1 aromatic heterocycles. The first-order chi connectivity index (χ1) is 8.18. The van der Waals surface area contributed by atoms with Crippen molar-refractivity contribution < 1.29 is 9.18 Å². The quantitative estimate of drug-likeness (QED) is 0.766. The van der Waals surface area contributed by atoms with E-state index in [0.717, 1.165) is 18.8 Å². The highest BCUT2D eigenvalue weighted by Crippen LogP contribution is 2.33. The highest BCUT2D eigenvalue weighted by Gasteiger charge is 2.20. The van der Waals surface area contributed by atoms with E-state index in [0.29, 0.717) is 6.54 Å². The summed E-state index contributed by atoms with van der Waals surface area (Å²) >= 11 is 0. The van der Waals surface area contributed by atoms with Gasteiger partial charge in [-0.15, -0.1) is 0 Å². The van der Waals surface area contributed by atoms with Crippen LogP contribution in [0.1, 0.15) is 36.0 Å². The molecule has 0 aromatic carbocycles. The van der Waals surface area contributed by atoms with E-state index in [1.54, 1.807) is 0 Å². The van der Waals surface area contributed by atoms with E-state index in [4.69, 9.17) is 5.73 Å². The van der Waals surface area contributed by atoms with Crippen LogP contribution in [0.25, 0.3) is 0 Å². The Morgan fingerprint density at radius 2 is 2.35 bits per heavy atom. The molecule has 1 aliphatic carbocycles. The van der Waals surface area contributed by atoms with Gasteiger partial charge >= 0.3 is 0 Å². The summed E-state index contributed by atoms with van der Waals surface area (Å²) in [5, 5.41) is 2.69. The van der Waals surface area contributed by atoms with Crippen LogP contribution >= 0.6 is 0 Å². The number of hydrogen-bond acceptors (Lipinski definition) is 3. The summed E-state index contributed by atoms with van der Waals surface area (Å²) < 4.78 is 13.5. The first-order valence-corrected chi connectivity index (χ1v) is 5.86. The van der Waals surface area contributed by atoms with Crippen molar-refractivity contribution in [2.75, 3.05) is 12.3 Å². The van der Waals surface area contributed by atoms with Crippen LogP contribution in [0.3, 0.4) is 0 Å². The highest BCUT2D eigenvalue weighted by molar-refractivity contribution is 5.95. The van der Waals surface area contributed by atoms with Gasteiger partial charge in [0.05, 0.1) is 5.56 Å². The number of rotatable bonds is 5. The molecular formula is C12H16FN3O. The Balaban J connectivity index is 1.83. The number of pyridine rings is 1. The minimum absolute atomic E-state index is 0.0380. The number of nitrogens with two attached hydrogens (primary N) is 1. The number of nitrogen functional groups attached to an aromatic ring is 1. The van der Waals surface area contributed by atoms with Crippen LogP contribution in [0.2, 0.25) is 0 Å². The molecule has 0 aliphatic heterocycles. The van der Waals surface area contributed by atoms with E-state index >= 15 is 0 Å². The summed E-state index contributed by atoms with van der Waals surface area (Å²) in [6.07, 6.45) is 6.03. The lowest BCUT2D eigenvalue weighted by molar-refractivity contribution is 0.0948. The predicted molar refractivity (Wildman–Crippen MR) is 62.9 cm³/mol. The fraction of sp³-hybridized carbons (Fsp3) is 0.500. The van der Waals surface area contributed by atoms with Gasteiger partial charge in [-0.2, -0.15) is 0 Å². The molecule has 1 amide bonds. The molecule has 0 saturated heterocycles. The van der Waals surface area contributed by atoms with E-state index in [1.165, 1.54) is 25.1 Å². The summed E-state index contributed by atoms with van der Waals surface area (Å²) in [5.41, 5.74) is 5.26.